The normalized spacial score (nSPS) is 20.2. The molecule has 0 amide bonds. The Kier molecular flexibility index (Phi) is 3.67. The number of hydrogen-bond donors (Lipinski definition) is 0. The molecule has 0 bridgehead atoms. The van der Waals surface area contributed by atoms with Gasteiger partial charge in [-0.25, -0.2) is 0 Å². The molecule has 0 aliphatic carbocycles. The van der Waals surface area contributed by atoms with Crippen molar-refractivity contribution in [2.24, 2.45) is 11.3 Å². The summed E-state index contributed by atoms with van der Waals surface area (Å²) in [5.41, 5.74) is 2.02. The SMILES string of the molecule is CC(C)(C)C1CCN(c2ccc(C=O)cc2Cl)C1. The Bertz CT molecular complexity index is 450. The van der Waals surface area contributed by atoms with E-state index in [1.54, 1.807) is 6.07 Å². The van der Waals surface area contributed by atoms with Crippen molar-refractivity contribution in [1.82, 2.24) is 0 Å². The van der Waals surface area contributed by atoms with Gasteiger partial charge in [-0.3, -0.25) is 4.79 Å². The van der Waals surface area contributed by atoms with Crippen molar-refractivity contribution in [3.63, 3.8) is 0 Å². The standard InChI is InChI=1S/C15H20ClNO/c1-15(2,3)12-6-7-17(9-12)14-5-4-11(10-18)8-13(14)16/h4-5,8,10,12H,6-7,9H2,1-3H3. The molecular formula is C15H20ClNO. The fourth-order valence-electron chi connectivity index (χ4n) is 2.54. The van der Waals surface area contributed by atoms with Gasteiger partial charge in [-0.05, 0) is 36.0 Å². The molecule has 1 unspecified atom stereocenters. The third kappa shape index (κ3) is 2.69. The molecule has 0 aromatic heterocycles. The van der Waals surface area contributed by atoms with Gasteiger partial charge >= 0.3 is 0 Å². The molecule has 1 heterocycles. The van der Waals surface area contributed by atoms with Crippen molar-refractivity contribution in [2.75, 3.05) is 18.0 Å². The molecule has 3 heteroatoms. The summed E-state index contributed by atoms with van der Waals surface area (Å²) < 4.78 is 0. The van der Waals surface area contributed by atoms with Crippen molar-refractivity contribution >= 4 is 23.6 Å². The Hall–Kier alpha value is -1.02. The van der Waals surface area contributed by atoms with E-state index < -0.39 is 0 Å². The lowest BCUT2D eigenvalue weighted by atomic mass is 9.80. The first-order chi connectivity index (χ1) is 8.41. The van der Waals surface area contributed by atoms with Crippen LogP contribution in [0.5, 0.6) is 0 Å². The van der Waals surface area contributed by atoms with Crippen LogP contribution < -0.4 is 4.90 Å². The summed E-state index contributed by atoms with van der Waals surface area (Å²) in [6, 6.07) is 5.53. The third-order valence-electron chi connectivity index (χ3n) is 3.86. The first-order valence-corrected chi connectivity index (χ1v) is 6.79. The van der Waals surface area contributed by atoms with Gasteiger partial charge in [-0.1, -0.05) is 32.4 Å². The Morgan fingerprint density at radius 2 is 2.11 bits per heavy atom. The van der Waals surface area contributed by atoms with Crippen LogP contribution in [0, 0.1) is 11.3 Å². The first kappa shape index (κ1) is 13.4. The maximum atomic E-state index is 10.7. The summed E-state index contributed by atoms with van der Waals surface area (Å²) in [4.78, 5) is 13.0. The van der Waals surface area contributed by atoms with Gasteiger partial charge in [0.15, 0.2) is 0 Å². The average molecular weight is 266 g/mol. The average Bonchev–Trinajstić information content (AvgIpc) is 2.77. The summed E-state index contributed by atoms with van der Waals surface area (Å²) in [7, 11) is 0. The number of halogens is 1. The molecule has 1 aliphatic rings. The second-order valence-electron chi connectivity index (χ2n) is 6.13. The predicted octanol–water partition coefficient (Wildman–Crippen LogP) is 4.02. The molecule has 0 N–H and O–H groups in total. The van der Waals surface area contributed by atoms with Crippen LogP contribution in [0.2, 0.25) is 5.02 Å². The molecule has 1 aliphatic heterocycles. The van der Waals surface area contributed by atoms with Crippen LogP contribution >= 0.6 is 11.6 Å². The van der Waals surface area contributed by atoms with Crippen LogP contribution in [0.15, 0.2) is 18.2 Å². The van der Waals surface area contributed by atoms with E-state index in [1.165, 1.54) is 6.42 Å². The van der Waals surface area contributed by atoms with E-state index in [4.69, 9.17) is 11.6 Å². The second kappa shape index (κ2) is 4.93. The number of aldehydes is 1. The maximum Gasteiger partial charge on any atom is 0.150 e. The largest absolute Gasteiger partial charge is 0.370 e. The van der Waals surface area contributed by atoms with Gasteiger partial charge in [-0.2, -0.15) is 0 Å². The summed E-state index contributed by atoms with van der Waals surface area (Å²) in [6.45, 7) is 8.96. The molecule has 2 nitrogen and oxygen atoms in total. The number of benzene rings is 1. The van der Waals surface area contributed by atoms with Crippen LogP contribution in [0.4, 0.5) is 5.69 Å². The van der Waals surface area contributed by atoms with E-state index in [9.17, 15) is 4.79 Å². The van der Waals surface area contributed by atoms with Gasteiger partial charge in [0.1, 0.15) is 6.29 Å². The van der Waals surface area contributed by atoms with Gasteiger partial charge < -0.3 is 4.90 Å². The molecule has 1 fully saturated rings. The third-order valence-corrected chi connectivity index (χ3v) is 4.16. The van der Waals surface area contributed by atoms with Crippen LogP contribution in [0.3, 0.4) is 0 Å². The topological polar surface area (TPSA) is 20.3 Å². The molecule has 18 heavy (non-hydrogen) atoms. The predicted molar refractivity (Wildman–Crippen MR) is 76.6 cm³/mol. The van der Waals surface area contributed by atoms with Gasteiger partial charge in [0.2, 0.25) is 0 Å². The highest BCUT2D eigenvalue weighted by atomic mass is 35.5. The highest BCUT2D eigenvalue weighted by molar-refractivity contribution is 6.33. The molecule has 0 radical (unpaired) electrons. The van der Waals surface area contributed by atoms with E-state index in [1.807, 2.05) is 12.1 Å². The van der Waals surface area contributed by atoms with Crippen molar-refractivity contribution < 1.29 is 4.79 Å². The van der Waals surface area contributed by atoms with E-state index in [-0.39, 0.29) is 0 Å². The first-order valence-electron chi connectivity index (χ1n) is 6.41. The lowest BCUT2D eigenvalue weighted by Crippen LogP contribution is -2.25. The highest BCUT2D eigenvalue weighted by Gasteiger charge is 2.32. The van der Waals surface area contributed by atoms with E-state index >= 15 is 0 Å². The summed E-state index contributed by atoms with van der Waals surface area (Å²) in [5, 5.41) is 0.675. The number of carbonyl (C=O) groups is 1. The number of rotatable bonds is 2. The molecule has 1 aromatic carbocycles. The number of carbonyl (C=O) groups excluding carboxylic acids is 1. The molecule has 2 rings (SSSR count). The van der Waals surface area contributed by atoms with Gasteiger partial charge in [0, 0.05) is 18.7 Å². The molecule has 1 aromatic rings. The zero-order chi connectivity index (χ0) is 13.3. The van der Waals surface area contributed by atoms with Crippen LogP contribution in [0.1, 0.15) is 37.6 Å². The van der Waals surface area contributed by atoms with Crippen molar-refractivity contribution in [1.29, 1.82) is 0 Å². The Morgan fingerprint density at radius 3 is 2.61 bits per heavy atom. The quantitative estimate of drug-likeness (QED) is 0.753. The monoisotopic (exact) mass is 265 g/mol. The smallest absolute Gasteiger partial charge is 0.150 e. The van der Waals surface area contributed by atoms with Gasteiger partial charge in [0.05, 0.1) is 10.7 Å². The number of nitrogens with zero attached hydrogens (tertiary/aromatic N) is 1. The number of anilines is 1. The van der Waals surface area contributed by atoms with E-state index in [0.717, 1.165) is 25.1 Å². The Labute approximate surface area is 114 Å². The fraction of sp³-hybridized carbons (Fsp3) is 0.533. The molecule has 1 atom stereocenters. The minimum Gasteiger partial charge on any atom is -0.370 e. The Morgan fingerprint density at radius 1 is 1.39 bits per heavy atom. The summed E-state index contributed by atoms with van der Waals surface area (Å²) in [6.07, 6.45) is 2.03. The molecule has 98 valence electrons. The van der Waals surface area contributed by atoms with Crippen molar-refractivity contribution in [3.8, 4) is 0 Å². The molecule has 0 saturated carbocycles. The van der Waals surface area contributed by atoms with Crippen molar-refractivity contribution in [3.05, 3.63) is 28.8 Å². The van der Waals surface area contributed by atoms with E-state index in [2.05, 4.69) is 25.7 Å². The van der Waals surface area contributed by atoms with Crippen LogP contribution in [-0.2, 0) is 0 Å². The maximum absolute atomic E-state index is 10.7. The molecule has 1 saturated heterocycles. The van der Waals surface area contributed by atoms with Gasteiger partial charge in [0.25, 0.3) is 0 Å². The van der Waals surface area contributed by atoms with Crippen LogP contribution in [-0.4, -0.2) is 19.4 Å². The van der Waals surface area contributed by atoms with E-state index in [0.29, 0.717) is 21.9 Å². The van der Waals surface area contributed by atoms with Gasteiger partial charge in [-0.15, -0.1) is 0 Å². The summed E-state index contributed by atoms with van der Waals surface area (Å²) in [5.74, 6) is 0.694. The summed E-state index contributed by atoms with van der Waals surface area (Å²) >= 11 is 6.25. The zero-order valence-electron chi connectivity index (χ0n) is 11.2. The lowest BCUT2D eigenvalue weighted by molar-refractivity contribution is 0.112. The molecule has 0 spiro atoms. The minimum absolute atomic E-state index is 0.337. The molecular weight excluding hydrogens is 246 g/mol. The fourth-order valence-corrected chi connectivity index (χ4v) is 2.85. The van der Waals surface area contributed by atoms with Crippen LogP contribution in [0.25, 0.3) is 0 Å². The minimum atomic E-state index is 0.337. The highest BCUT2D eigenvalue weighted by Crippen LogP contribution is 2.37. The lowest BCUT2D eigenvalue weighted by Gasteiger charge is -2.27. The zero-order valence-corrected chi connectivity index (χ0v) is 12.0. The van der Waals surface area contributed by atoms with Crippen molar-refractivity contribution in [2.45, 2.75) is 27.2 Å². The Balaban J connectivity index is 2.17. The number of hydrogen-bond acceptors (Lipinski definition) is 2. The second-order valence-corrected chi connectivity index (χ2v) is 6.53.